The third-order valence-corrected chi connectivity index (χ3v) is 4.15. The van der Waals surface area contributed by atoms with E-state index in [0.717, 1.165) is 24.3 Å². The normalized spacial score (nSPS) is 18.6. The maximum atomic E-state index is 12.4. The van der Waals surface area contributed by atoms with Crippen LogP contribution in [0.2, 0.25) is 0 Å². The second-order valence-electron chi connectivity index (χ2n) is 4.62. The summed E-state index contributed by atoms with van der Waals surface area (Å²) < 4.78 is 10.2. The number of methoxy groups -OCH3 is 1. The molecule has 1 amide bonds. The van der Waals surface area contributed by atoms with Crippen molar-refractivity contribution in [1.82, 2.24) is 15.0 Å². The molecule has 0 saturated carbocycles. The highest BCUT2D eigenvalue weighted by atomic mass is 32.1. The average Bonchev–Trinajstić information content (AvgIpc) is 3.19. The molecule has 2 aromatic rings. The molecule has 0 spiro atoms. The van der Waals surface area contributed by atoms with Gasteiger partial charge in [0, 0.05) is 13.7 Å². The summed E-state index contributed by atoms with van der Waals surface area (Å²) in [7, 11) is 1.58. The Morgan fingerprint density at radius 2 is 2.55 bits per heavy atom. The number of carbonyl (C=O) groups excluding carboxylic acids is 1. The lowest BCUT2D eigenvalue weighted by Crippen LogP contribution is -2.30. The van der Waals surface area contributed by atoms with E-state index in [0.29, 0.717) is 18.3 Å². The fourth-order valence-electron chi connectivity index (χ4n) is 2.40. The molecule has 0 aromatic carbocycles. The number of hydrogen-bond acceptors (Lipinski definition) is 6. The molecule has 0 radical (unpaired) electrons. The molecular weight excluding hydrogens is 278 g/mol. The van der Waals surface area contributed by atoms with Gasteiger partial charge in [0.1, 0.15) is 12.6 Å². The number of aromatic nitrogens is 2. The van der Waals surface area contributed by atoms with Crippen LogP contribution < -0.4 is 0 Å². The largest absolute Gasteiger partial charge is 0.377 e. The van der Waals surface area contributed by atoms with Gasteiger partial charge in [-0.3, -0.25) is 4.79 Å². The predicted molar refractivity (Wildman–Crippen MR) is 72.3 cm³/mol. The number of ether oxygens (including phenoxy) is 1. The first-order chi connectivity index (χ1) is 9.79. The minimum absolute atomic E-state index is 0.0361. The standard InChI is InChI=1S/C13H15N3O3S/c1-18-8-11-14-12(19-15-11)9-4-2-6-16(9)13(17)10-5-3-7-20-10/h3,5,7,9H,2,4,6,8H2,1H3. The zero-order chi connectivity index (χ0) is 13.9. The van der Waals surface area contributed by atoms with Crippen LogP contribution in [0.3, 0.4) is 0 Å². The third-order valence-electron chi connectivity index (χ3n) is 3.29. The summed E-state index contributed by atoms with van der Waals surface area (Å²) in [4.78, 5) is 19.3. The lowest BCUT2D eigenvalue weighted by molar-refractivity contribution is 0.0715. The monoisotopic (exact) mass is 293 g/mol. The van der Waals surface area contributed by atoms with E-state index in [2.05, 4.69) is 10.1 Å². The van der Waals surface area contributed by atoms with Crippen molar-refractivity contribution in [3.8, 4) is 0 Å². The van der Waals surface area contributed by atoms with Gasteiger partial charge < -0.3 is 14.2 Å². The Balaban J connectivity index is 1.79. The minimum Gasteiger partial charge on any atom is -0.377 e. The maximum absolute atomic E-state index is 12.4. The number of thiophene rings is 1. The summed E-state index contributed by atoms with van der Waals surface area (Å²) in [5, 5.41) is 5.77. The van der Waals surface area contributed by atoms with Crippen molar-refractivity contribution in [3.63, 3.8) is 0 Å². The van der Waals surface area contributed by atoms with Gasteiger partial charge in [0.15, 0.2) is 5.82 Å². The number of amides is 1. The molecular formula is C13H15N3O3S. The van der Waals surface area contributed by atoms with Gasteiger partial charge in [0.2, 0.25) is 5.89 Å². The molecule has 1 aliphatic rings. The molecule has 20 heavy (non-hydrogen) atoms. The molecule has 7 heteroatoms. The number of hydrogen-bond donors (Lipinski definition) is 0. The maximum Gasteiger partial charge on any atom is 0.264 e. The molecule has 0 N–H and O–H groups in total. The number of nitrogens with zero attached hydrogens (tertiary/aromatic N) is 3. The van der Waals surface area contributed by atoms with E-state index >= 15 is 0 Å². The fourth-order valence-corrected chi connectivity index (χ4v) is 3.08. The molecule has 106 valence electrons. The number of likely N-dealkylation sites (tertiary alicyclic amines) is 1. The van der Waals surface area contributed by atoms with Crippen LogP contribution in [-0.2, 0) is 11.3 Å². The average molecular weight is 293 g/mol. The minimum atomic E-state index is -0.122. The molecule has 3 rings (SSSR count). The summed E-state index contributed by atoms with van der Waals surface area (Å²) >= 11 is 1.45. The second-order valence-corrected chi connectivity index (χ2v) is 5.56. The van der Waals surface area contributed by atoms with E-state index in [1.54, 1.807) is 7.11 Å². The summed E-state index contributed by atoms with van der Waals surface area (Å²) in [6.07, 6.45) is 1.80. The Morgan fingerprint density at radius 3 is 3.30 bits per heavy atom. The van der Waals surface area contributed by atoms with E-state index in [-0.39, 0.29) is 11.9 Å². The van der Waals surface area contributed by atoms with Crippen molar-refractivity contribution < 1.29 is 14.1 Å². The lowest BCUT2D eigenvalue weighted by atomic mass is 10.2. The van der Waals surface area contributed by atoms with E-state index in [1.165, 1.54) is 11.3 Å². The van der Waals surface area contributed by atoms with Crippen LogP contribution in [0.5, 0.6) is 0 Å². The van der Waals surface area contributed by atoms with E-state index in [1.807, 2.05) is 22.4 Å². The van der Waals surface area contributed by atoms with Crippen molar-refractivity contribution in [2.75, 3.05) is 13.7 Å². The molecule has 1 unspecified atom stereocenters. The zero-order valence-corrected chi connectivity index (χ0v) is 11.9. The van der Waals surface area contributed by atoms with Crippen LogP contribution in [0.25, 0.3) is 0 Å². The van der Waals surface area contributed by atoms with Crippen LogP contribution in [0, 0.1) is 0 Å². The first-order valence-corrected chi connectivity index (χ1v) is 7.33. The van der Waals surface area contributed by atoms with Crippen molar-refractivity contribution in [3.05, 3.63) is 34.1 Å². The Morgan fingerprint density at radius 1 is 1.65 bits per heavy atom. The van der Waals surface area contributed by atoms with Crippen molar-refractivity contribution in [1.29, 1.82) is 0 Å². The molecule has 6 nitrogen and oxygen atoms in total. The molecule has 1 aliphatic heterocycles. The first kappa shape index (κ1) is 13.3. The zero-order valence-electron chi connectivity index (χ0n) is 11.1. The summed E-state index contributed by atoms with van der Waals surface area (Å²) in [6, 6.07) is 3.60. The number of rotatable bonds is 4. The van der Waals surface area contributed by atoms with Gasteiger partial charge in [-0.1, -0.05) is 11.2 Å². The Labute approximate surface area is 120 Å². The Hall–Kier alpha value is -1.73. The Bertz CT molecular complexity index is 581. The van der Waals surface area contributed by atoms with Crippen LogP contribution in [-0.4, -0.2) is 34.6 Å². The summed E-state index contributed by atoms with van der Waals surface area (Å²) in [5.41, 5.74) is 0. The smallest absolute Gasteiger partial charge is 0.264 e. The topological polar surface area (TPSA) is 68.5 Å². The van der Waals surface area contributed by atoms with Crippen LogP contribution >= 0.6 is 11.3 Å². The molecule has 1 atom stereocenters. The van der Waals surface area contributed by atoms with E-state index < -0.39 is 0 Å². The third kappa shape index (κ3) is 2.46. The van der Waals surface area contributed by atoms with Gasteiger partial charge in [0.05, 0.1) is 4.88 Å². The van der Waals surface area contributed by atoms with Gasteiger partial charge in [-0.05, 0) is 24.3 Å². The predicted octanol–water partition coefficient (Wildman–Crippen LogP) is 2.25. The molecule has 1 saturated heterocycles. The highest BCUT2D eigenvalue weighted by Crippen LogP contribution is 2.32. The molecule has 0 aliphatic carbocycles. The molecule has 3 heterocycles. The van der Waals surface area contributed by atoms with Crippen LogP contribution in [0.4, 0.5) is 0 Å². The van der Waals surface area contributed by atoms with Gasteiger partial charge >= 0.3 is 0 Å². The van der Waals surface area contributed by atoms with Crippen molar-refractivity contribution >= 4 is 17.2 Å². The fraction of sp³-hybridized carbons (Fsp3) is 0.462. The summed E-state index contributed by atoms with van der Waals surface area (Å²) in [6.45, 7) is 1.04. The first-order valence-electron chi connectivity index (χ1n) is 6.45. The van der Waals surface area contributed by atoms with E-state index in [4.69, 9.17) is 9.26 Å². The Kier molecular flexibility index (Phi) is 3.79. The van der Waals surface area contributed by atoms with Crippen molar-refractivity contribution in [2.45, 2.75) is 25.5 Å². The highest BCUT2D eigenvalue weighted by molar-refractivity contribution is 7.12. The quantitative estimate of drug-likeness (QED) is 0.865. The van der Waals surface area contributed by atoms with Crippen LogP contribution in [0.15, 0.2) is 22.0 Å². The van der Waals surface area contributed by atoms with Gasteiger partial charge in [-0.25, -0.2) is 0 Å². The highest BCUT2D eigenvalue weighted by Gasteiger charge is 2.34. The van der Waals surface area contributed by atoms with Gasteiger partial charge in [-0.15, -0.1) is 11.3 Å². The number of carbonyl (C=O) groups is 1. The summed E-state index contributed by atoms with van der Waals surface area (Å²) in [5.74, 6) is 1.05. The SMILES string of the molecule is COCc1noc(C2CCCN2C(=O)c2cccs2)n1. The van der Waals surface area contributed by atoms with Gasteiger partial charge in [0.25, 0.3) is 5.91 Å². The molecule has 2 aromatic heterocycles. The van der Waals surface area contributed by atoms with Crippen LogP contribution in [0.1, 0.15) is 40.3 Å². The van der Waals surface area contributed by atoms with Gasteiger partial charge in [-0.2, -0.15) is 4.98 Å². The molecule has 0 bridgehead atoms. The van der Waals surface area contributed by atoms with Crippen molar-refractivity contribution in [2.24, 2.45) is 0 Å². The molecule has 1 fully saturated rings. The second kappa shape index (κ2) is 5.72. The van der Waals surface area contributed by atoms with E-state index in [9.17, 15) is 4.79 Å². The lowest BCUT2D eigenvalue weighted by Gasteiger charge is -2.20.